The van der Waals surface area contributed by atoms with E-state index in [9.17, 15) is 18.3 Å². The number of aliphatic hydroxyl groups is 1. The second-order valence-corrected chi connectivity index (χ2v) is 8.25. The molecule has 0 bridgehead atoms. The van der Waals surface area contributed by atoms with Gasteiger partial charge in [0.05, 0.1) is 6.10 Å². The average Bonchev–Trinajstić information content (AvgIpc) is 2.89. The summed E-state index contributed by atoms with van der Waals surface area (Å²) in [4.78, 5) is 0. The molecule has 184 valence electrons. The number of ether oxygens (including phenoxy) is 2. The van der Waals surface area contributed by atoms with E-state index in [4.69, 9.17) is 9.47 Å². The molecule has 0 fully saturated rings. The summed E-state index contributed by atoms with van der Waals surface area (Å²) in [5.74, 6) is -1.50. The Bertz CT molecular complexity index is 1350. The lowest BCUT2D eigenvalue weighted by Crippen LogP contribution is -2.00. The van der Waals surface area contributed by atoms with Gasteiger partial charge in [0.25, 0.3) is 0 Å². The van der Waals surface area contributed by atoms with Crippen molar-refractivity contribution in [2.45, 2.75) is 19.6 Å². The standard InChI is InChI=1S/C30H25F3O3/c1-3-16-35-25-13-10-23(28(31)17-25)18-36-24-11-8-22(9-12-24)27-15-14-26(29(32)30(27)33)21-6-4-20(5-7-21)19(2)34/h3-15,17,19,34H,1,16,18H2,2H3. The van der Waals surface area contributed by atoms with Crippen molar-refractivity contribution >= 4 is 0 Å². The molecule has 4 rings (SSSR count). The Hall–Kier alpha value is -4.03. The number of halogens is 3. The largest absolute Gasteiger partial charge is 0.489 e. The van der Waals surface area contributed by atoms with Crippen LogP contribution in [-0.2, 0) is 6.61 Å². The number of hydrogen-bond donors (Lipinski definition) is 1. The molecule has 0 spiro atoms. The Morgan fingerprint density at radius 3 is 1.86 bits per heavy atom. The number of rotatable bonds is 9. The highest BCUT2D eigenvalue weighted by atomic mass is 19.2. The number of hydrogen-bond acceptors (Lipinski definition) is 3. The molecular weight excluding hydrogens is 465 g/mol. The van der Waals surface area contributed by atoms with Crippen LogP contribution in [0.25, 0.3) is 22.3 Å². The van der Waals surface area contributed by atoms with Crippen LogP contribution in [0.3, 0.4) is 0 Å². The molecule has 0 heterocycles. The van der Waals surface area contributed by atoms with Crippen LogP contribution < -0.4 is 9.47 Å². The molecule has 36 heavy (non-hydrogen) atoms. The van der Waals surface area contributed by atoms with E-state index in [0.29, 0.717) is 33.8 Å². The summed E-state index contributed by atoms with van der Waals surface area (Å²) in [6.07, 6.45) is 0.932. The molecular formula is C30H25F3O3. The summed E-state index contributed by atoms with van der Waals surface area (Å²) >= 11 is 0. The van der Waals surface area contributed by atoms with Gasteiger partial charge in [-0.05, 0) is 47.9 Å². The van der Waals surface area contributed by atoms with E-state index in [-0.39, 0.29) is 24.3 Å². The molecule has 4 aromatic rings. The minimum Gasteiger partial charge on any atom is -0.489 e. The lowest BCUT2D eigenvalue weighted by Gasteiger charge is -2.12. The first kappa shape index (κ1) is 25.1. The Kier molecular flexibility index (Phi) is 7.76. The van der Waals surface area contributed by atoms with Crippen LogP contribution in [-0.4, -0.2) is 11.7 Å². The molecule has 6 heteroatoms. The van der Waals surface area contributed by atoms with E-state index in [1.165, 1.54) is 18.2 Å². The molecule has 0 saturated carbocycles. The maximum atomic E-state index is 15.0. The molecule has 3 nitrogen and oxygen atoms in total. The van der Waals surface area contributed by atoms with E-state index in [1.807, 2.05) is 0 Å². The van der Waals surface area contributed by atoms with E-state index >= 15 is 0 Å². The topological polar surface area (TPSA) is 38.7 Å². The minimum atomic E-state index is -0.957. The zero-order valence-electron chi connectivity index (χ0n) is 19.7. The quantitative estimate of drug-likeness (QED) is 0.245. The molecule has 0 saturated heterocycles. The van der Waals surface area contributed by atoms with Gasteiger partial charge < -0.3 is 14.6 Å². The highest BCUT2D eigenvalue weighted by molar-refractivity contribution is 5.72. The SMILES string of the molecule is C=CCOc1ccc(COc2ccc(-c3ccc(-c4ccc(C(C)O)cc4)c(F)c3F)cc2)c(F)c1. The van der Waals surface area contributed by atoms with Crippen LogP contribution >= 0.6 is 0 Å². The summed E-state index contributed by atoms with van der Waals surface area (Å²) in [6.45, 7) is 5.47. The van der Waals surface area contributed by atoms with Crippen molar-refractivity contribution in [1.29, 1.82) is 0 Å². The van der Waals surface area contributed by atoms with Crippen LogP contribution in [0.15, 0.2) is 91.5 Å². The zero-order valence-corrected chi connectivity index (χ0v) is 19.7. The summed E-state index contributed by atoms with van der Waals surface area (Å²) in [5, 5.41) is 9.64. The summed E-state index contributed by atoms with van der Waals surface area (Å²) in [6, 6.07) is 20.7. The summed E-state index contributed by atoms with van der Waals surface area (Å²) in [5.41, 5.74) is 2.29. The fraction of sp³-hybridized carbons (Fsp3) is 0.133. The van der Waals surface area contributed by atoms with Crippen LogP contribution in [0.5, 0.6) is 11.5 Å². The summed E-state index contributed by atoms with van der Waals surface area (Å²) < 4.78 is 55.1. The lowest BCUT2D eigenvalue weighted by atomic mass is 9.97. The normalized spacial score (nSPS) is 11.7. The fourth-order valence-corrected chi connectivity index (χ4v) is 3.72. The fourth-order valence-electron chi connectivity index (χ4n) is 3.72. The zero-order chi connectivity index (χ0) is 25.7. The second kappa shape index (κ2) is 11.1. The second-order valence-electron chi connectivity index (χ2n) is 8.25. The van der Waals surface area contributed by atoms with Gasteiger partial charge in [0.15, 0.2) is 11.6 Å². The van der Waals surface area contributed by atoms with Crippen molar-refractivity contribution in [3.63, 3.8) is 0 Å². The highest BCUT2D eigenvalue weighted by Gasteiger charge is 2.16. The lowest BCUT2D eigenvalue weighted by molar-refractivity contribution is 0.199. The van der Waals surface area contributed by atoms with Crippen molar-refractivity contribution in [1.82, 2.24) is 0 Å². The molecule has 0 radical (unpaired) electrons. The monoisotopic (exact) mass is 490 g/mol. The maximum absolute atomic E-state index is 15.0. The van der Waals surface area contributed by atoms with Crippen molar-refractivity contribution in [2.75, 3.05) is 6.61 Å². The van der Waals surface area contributed by atoms with Gasteiger partial charge in [0.2, 0.25) is 0 Å². The molecule has 1 atom stereocenters. The Balaban J connectivity index is 1.46. The molecule has 0 aromatic heterocycles. The molecule has 0 amide bonds. The molecule has 1 N–H and O–H groups in total. The van der Waals surface area contributed by atoms with E-state index in [2.05, 4.69) is 6.58 Å². The van der Waals surface area contributed by atoms with Gasteiger partial charge in [-0.2, -0.15) is 0 Å². The summed E-state index contributed by atoms with van der Waals surface area (Å²) in [7, 11) is 0. The van der Waals surface area contributed by atoms with Crippen LogP contribution in [0.2, 0.25) is 0 Å². The van der Waals surface area contributed by atoms with Crippen molar-refractivity contribution < 1.29 is 27.8 Å². The van der Waals surface area contributed by atoms with Gasteiger partial charge in [-0.25, -0.2) is 13.2 Å². The third-order valence-electron chi connectivity index (χ3n) is 5.74. The first-order valence-corrected chi connectivity index (χ1v) is 11.4. The smallest absolute Gasteiger partial charge is 0.167 e. The molecule has 0 aliphatic carbocycles. The van der Waals surface area contributed by atoms with Crippen molar-refractivity contribution in [2.24, 2.45) is 0 Å². The van der Waals surface area contributed by atoms with Gasteiger partial charge in [0, 0.05) is 22.8 Å². The Morgan fingerprint density at radius 1 is 0.778 bits per heavy atom. The predicted molar refractivity (Wildman–Crippen MR) is 134 cm³/mol. The third-order valence-corrected chi connectivity index (χ3v) is 5.74. The highest BCUT2D eigenvalue weighted by Crippen LogP contribution is 2.33. The molecule has 0 aliphatic rings. The van der Waals surface area contributed by atoms with E-state index in [0.717, 1.165) is 0 Å². The van der Waals surface area contributed by atoms with Gasteiger partial charge in [-0.3, -0.25) is 0 Å². The van der Waals surface area contributed by atoms with Crippen LogP contribution in [0, 0.1) is 17.5 Å². The van der Waals surface area contributed by atoms with Gasteiger partial charge in [-0.15, -0.1) is 0 Å². The molecule has 0 aliphatic heterocycles. The number of benzene rings is 4. The van der Waals surface area contributed by atoms with E-state index in [1.54, 1.807) is 73.7 Å². The Labute approximate surface area is 208 Å². The van der Waals surface area contributed by atoms with Crippen molar-refractivity contribution in [3.8, 4) is 33.8 Å². The number of aliphatic hydroxyl groups excluding tert-OH is 1. The first-order chi connectivity index (χ1) is 17.4. The van der Waals surface area contributed by atoms with Crippen molar-refractivity contribution in [3.05, 3.63) is 120 Å². The van der Waals surface area contributed by atoms with Crippen LogP contribution in [0.1, 0.15) is 24.2 Å². The third kappa shape index (κ3) is 5.61. The average molecular weight is 491 g/mol. The molecule has 4 aromatic carbocycles. The first-order valence-electron chi connectivity index (χ1n) is 11.4. The van der Waals surface area contributed by atoms with Crippen LogP contribution in [0.4, 0.5) is 13.2 Å². The Morgan fingerprint density at radius 2 is 1.33 bits per heavy atom. The van der Waals surface area contributed by atoms with E-state index < -0.39 is 23.6 Å². The minimum absolute atomic E-state index is 0.00153. The predicted octanol–water partition coefficient (Wildman–Crippen LogP) is 7.64. The van der Waals surface area contributed by atoms with Gasteiger partial charge >= 0.3 is 0 Å². The molecule has 1 unspecified atom stereocenters. The van der Waals surface area contributed by atoms with Gasteiger partial charge in [-0.1, -0.05) is 61.2 Å². The maximum Gasteiger partial charge on any atom is 0.167 e. The van der Waals surface area contributed by atoms with Gasteiger partial charge in [0.1, 0.15) is 30.5 Å².